The predicted octanol–water partition coefficient (Wildman–Crippen LogP) is 4.48. The molecule has 1 aromatic carbocycles. The molecule has 0 saturated carbocycles. The van der Waals surface area contributed by atoms with Crippen molar-refractivity contribution in [2.75, 3.05) is 7.11 Å². The van der Waals surface area contributed by atoms with Crippen LogP contribution in [0.25, 0.3) is 22.6 Å². The van der Waals surface area contributed by atoms with Crippen LogP contribution in [0.3, 0.4) is 0 Å². The number of aryl methyl sites for hydroxylation is 1. The van der Waals surface area contributed by atoms with Crippen LogP contribution in [-0.2, 0) is 55.3 Å². The molecule has 0 saturated heterocycles. The van der Waals surface area contributed by atoms with E-state index in [0.717, 1.165) is 15.8 Å². The maximum absolute atomic E-state index is 14.9. The summed E-state index contributed by atoms with van der Waals surface area (Å²) < 4.78 is 26.6. The first-order valence-corrected chi connectivity index (χ1v) is 10.7. The van der Waals surface area contributed by atoms with Crippen LogP contribution >= 0.6 is 0 Å². The van der Waals surface area contributed by atoms with Gasteiger partial charge in [-0.25, -0.2) is 9.37 Å². The zero-order valence-corrected chi connectivity index (χ0v) is 22.8. The number of pyridine rings is 1. The van der Waals surface area contributed by atoms with E-state index in [1.165, 1.54) is 26.3 Å². The Bertz CT molecular complexity index is 1410. The zero-order valence-electron chi connectivity index (χ0n) is 20.0. The quantitative estimate of drug-likeness (QED) is 0.436. The maximum Gasteiger partial charge on any atom is 0.302 e. The minimum atomic E-state index is -0.610. The SMILES string of the molecule is COc1ccc(-c2cccc(-n3ncc4c(c3=O)C(F)=CC=C(C)C4)c2COC(C)=O)c(C)n1.[Y]. The topological polar surface area (TPSA) is 83.3 Å². The fourth-order valence-corrected chi connectivity index (χ4v) is 3.99. The van der Waals surface area contributed by atoms with E-state index >= 15 is 0 Å². The molecule has 7 nitrogen and oxygen atoms in total. The van der Waals surface area contributed by atoms with E-state index in [4.69, 9.17) is 9.47 Å². The number of carbonyl (C=O) groups excluding carboxylic acids is 1. The molecule has 177 valence electrons. The van der Waals surface area contributed by atoms with E-state index < -0.39 is 17.4 Å². The Morgan fingerprint density at radius 2 is 1.91 bits per heavy atom. The third kappa shape index (κ3) is 5.49. The van der Waals surface area contributed by atoms with Crippen molar-refractivity contribution in [2.24, 2.45) is 0 Å². The Hall–Kier alpha value is -2.97. The smallest absolute Gasteiger partial charge is 0.302 e. The molecule has 2 aromatic heterocycles. The molecule has 9 heteroatoms. The third-order valence-corrected chi connectivity index (χ3v) is 5.64. The number of hydrogen-bond acceptors (Lipinski definition) is 6. The zero-order chi connectivity index (χ0) is 24.4. The van der Waals surface area contributed by atoms with Crippen molar-refractivity contribution < 1.29 is 51.4 Å². The molecule has 0 bridgehead atoms. The molecule has 3 aromatic rings. The molecule has 35 heavy (non-hydrogen) atoms. The normalized spacial score (nSPS) is 12.5. The number of carbonyl (C=O) groups is 1. The van der Waals surface area contributed by atoms with Crippen molar-refractivity contribution >= 4 is 11.8 Å². The van der Waals surface area contributed by atoms with Gasteiger partial charge in [0.2, 0.25) is 5.88 Å². The van der Waals surface area contributed by atoms with E-state index in [2.05, 4.69) is 10.1 Å². The first kappa shape index (κ1) is 26.6. The molecule has 0 spiro atoms. The Labute approximate surface area is 227 Å². The van der Waals surface area contributed by atoms with Gasteiger partial charge in [0.05, 0.1) is 24.6 Å². The van der Waals surface area contributed by atoms with E-state index in [-0.39, 0.29) is 44.9 Å². The number of hydrogen-bond donors (Lipinski definition) is 0. The molecule has 1 aliphatic rings. The molecule has 1 radical (unpaired) electrons. The number of rotatable bonds is 5. The van der Waals surface area contributed by atoms with Crippen LogP contribution in [0.4, 0.5) is 4.39 Å². The number of allylic oxidation sites excluding steroid dienone is 3. The van der Waals surface area contributed by atoms with Crippen LogP contribution < -0.4 is 10.3 Å². The van der Waals surface area contributed by atoms with E-state index in [1.54, 1.807) is 24.3 Å². The summed E-state index contributed by atoms with van der Waals surface area (Å²) in [5, 5.41) is 4.35. The third-order valence-electron chi connectivity index (χ3n) is 5.64. The monoisotopic (exact) mass is 550 g/mol. The van der Waals surface area contributed by atoms with Crippen molar-refractivity contribution in [3.63, 3.8) is 0 Å². The average molecular weight is 550 g/mol. The van der Waals surface area contributed by atoms with Gasteiger partial charge in [-0.05, 0) is 49.6 Å². The van der Waals surface area contributed by atoms with Gasteiger partial charge in [-0.15, -0.1) is 0 Å². The number of aromatic nitrogens is 3. The summed E-state index contributed by atoms with van der Waals surface area (Å²) in [6.45, 7) is 4.92. The first-order valence-electron chi connectivity index (χ1n) is 10.7. The number of ether oxygens (including phenoxy) is 2. The molecular formula is C26H24FN3O4Y. The van der Waals surface area contributed by atoms with Gasteiger partial charge in [-0.3, -0.25) is 9.59 Å². The van der Waals surface area contributed by atoms with Crippen molar-refractivity contribution in [3.05, 3.63) is 87.0 Å². The van der Waals surface area contributed by atoms with E-state index in [9.17, 15) is 14.0 Å². The van der Waals surface area contributed by atoms with Gasteiger partial charge in [-0.1, -0.05) is 23.8 Å². The van der Waals surface area contributed by atoms with Gasteiger partial charge in [0.15, 0.2) is 0 Å². The Morgan fingerprint density at radius 1 is 1.14 bits per heavy atom. The van der Waals surface area contributed by atoms with E-state index in [0.29, 0.717) is 40.4 Å². The van der Waals surface area contributed by atoms with Crippen LogP contribution in [0.15, 0.2) is 59.0 Å². The summed E-state index contributed by atoms with van der Waals surface area (Å²) in [4.78, 5) is 29.5. The fraction of sp³-hybridized carbons (Fsp3) is 0.231. The first-order chi connectivity index (χ1) is 16.3. The number of nitrogens with zero attached hydrogens (tertiary/aromatic N) is 3. The van der Waals surface area contributed by atoms with Gasteiger partial charge in [0, 0.05) is 62.5 Å². The van der Waals surface area contributed by atoms with Crippen molar-refractivity contribution in [1.29, 1.82) is 0 Å². The molecule has 0 fully saturated rings. The van der Waals surface area contributed by atoms with Crippen LogP contribution in [0.1, 0.15) is 36.2 Å². The minimum absolute atomic E-state index is 0. The van der Waals surface area contributed by atoms with Crippen LogP contribution in [-0.4, -0.2) is 27.8 Å². The maximum atomic E-state index is 14.9. The standard InChI is InChI=1S/C26H24FN3O4.Y/c1-15-8-10-22(27)25-18(12-15)13-28-30(26(25)32)23-7-5-6-20(21(23)14-34-17(3)31)19-9-11-24(33-4)29-16(19)2;/h5-11,13H,12,14H2,1-4H3;. The van der Waals surface area contributed by atoms with Gasteiger partial charge >= 0.3 is 5.97 Å². The van der Waals surface area contributed by atoms with Gasteiger partial charge in [-0.2, -0.15) is 9.78 Å². The van der Waals surface area contributed by atoms with E-state index in [1.807, 2.05) is 26.0 Å². The Balaban J connectivity index is 0.00000342. The van der Waals surface area contributed by atoms with Crippen LogP contribution in [0, 0.1) is 6.92 Å². The second-order valence-electron chi connectivity index (χ2n) is 8.04. The van der Waals surface area contributed by atoms with Crippen LogP contribution in [0.5, 0.6) is 5.88 Å². The Kier molecular flexibility index (Phi) is 8.51. The molecule has 4 rings (SSSR count). The molecule has 1 aliphatic carbocycles. The van der Waals surface area contributed by atoms with Gasteiger partial charge < -0.3 is 9.47 Å². The summed E-state index contributed by atoms with van der Waals surface area (Å²) in [5.41, 5.74) is 3.97. The number of fused-ring (bicyclic) bond motifs is 1. The van der Waals surface area contributed by atoms with Crippen molar-refractivity contribution in [3.8, 4) is 22.7 Å². The molecule has 0 atom stereocenters. The largest absolute Gasteiger partial charge is 0.481 e. The van der Waals surface area contributed by atoms with Crippen molar-refractivity contribution in [2.45, 2.75) is 33.8 Å². The summed E-state index contributed by atoms with van der Waals surface area (Å²) in [7, 11) is 1.54. The van der Waals surface area contributed by atoms with Crippen LogP contribution in [0.2, 0.25) is 0 Å². The second-order valence-corrected chi connectivity index (χ2v) is 8.04. The van der Waals surface area contributed by atoms with Crippen molar-refractivity contribution in [1.82, 2.24) is 14.8 Å². The Morgan fingerprint density at radius 3 is 2.60 bits per heavy atom. The summed E-state index contributed by atoms with van der Waals surface area (Å²) >= 11 is 0. The molecular weight excluding hydrogens is 526 g/mol. The average Bonchev–Trinajstić information content (AvgIpc) is 2.95. The summed E-state index contributed by atoms with van der Waals surface area (Å²) in [5.74, 6) is -0.613. The summed E-state index contributed by atoms with van der Waals surface area (Å²) in [6.07, 6.45) is 4.90. The molecule has 0 amide bonds. The molecule has 0 unspecified atom stereocenters. The fourth-order valence-electron chi connectivity index (χ4n) is 3.99. The summed E-state index contributed by atoms with van der Waals surface area (Å²) in [6, 6.07) is 8.89. The molecule has 2 heterocycles. The number of esters is 1. The predicted molar refractivity (Wildman–Crippen MR) is 126 cm³/mol. The van der Waals surface area contributed by atoms with Gasteiger partial charge in [0.1, 0.15) is 12.4 Å². The minimum Gasteiger partial charge on any atom is -0.481 e. The number of methoxy groups -OCH3 is 1. The number of benzene rings is 1. The second kappa shape index (κ2) is 11.2. The number of halogens is 1. The molecule has 0 aliphatic heterocycles. The molecule has 0 N–H and O–H groups in total. The van der Waals surface area contributed by atoms with Gasteiger partial charge in [0.25, 0.3) is 5.56 Å².